The molecule has 1 atom stereocenters. The first-order chi connectivity index (χ1) is 13.6. The second-order valence-electron chi connectivity index (χ2n) is 7.17. The number of nitrogens with one attached hydrogen (secondary N) is 1. The van der Waals surface area contributed by atoms with Crippen LogP contribution in [0.2, 0.25) is 0 Å². The maximum atomic E-state index is 13.4. The van der Waals surface area contributed by atoms with Gasteiger partial charge in [-0.2, -0.15) is 5.01 Å². The molecular formula is C20H26N2O7. The lowest BCUT2D eigenvalue weighted by Crippen LogP contribution is -2.69. The highest BCUT2D eigenvalue weighted by molar-refractivity contribution is 6.19. The summed E-state index contributed by atoms with van der Waals surface area (Å²) < 4.78 is 15.1. The number of carbonyl (C=O) groups is 4. The van der Waals surface area contributed by atoms with Gasteiger partial charge >= 0.3 is 18.2 Å². The van der Waals surface area contributed by atoms with Crippen molar-refractivity contribution in [2.45, 2.75) is 58.3 Å². The first kappa shape index (κ1) is 22.2. The van der Waals surface area contributed by atoms with Crippen LogP contribution in [-0.4, -0.2) is 53.8 Å². The van der Waals surface area contributed by atoms with Crippen molar-refractivity contribution in [2.75, 3.05) is 7.11 Å². The topological polar surface area (TPSA) is 111 Å². The van der Waals surface area contributed by atoms with E-state index in [-0.39, 0.29) is 12.0 Å². The molecule has 1 aromatic carbocycles. The fourth-order valence-corrected chi connectivity index (χ4v) is 3.16. The third-order valence-corrected chi connectivity index (χ3v) is 4.36. The number of nitrogens with zero attached hydrogens (tertiary/aromatic N) is 1. The average molecular weight is 406 g/mol. The monoisotopic (exact) mass is 406 g/mol. The number of hydrazine groups is 1. The van der Waals surface area contributed by atoms with Gasteiger partial charge in [0.15, 0.2) is 0 Å². The van der Waals surface area contributed by atoms with Crippen LogP contribution in [0.4, 0.5) is 9.59 Å². The van der Waals surface area contributed by atoms with E-state index in [1.165, 1.54) is 0 Å². The summed E-state index contributed by atoms with van der Waals surface area (Å²) in [6, 6.07) is 6.76. The summed E-state index contributed by atoms with van der Waals surface area (Å²) in [5.74, 6) is -1.65. The zero-order valence-electron chi connectivity index (χ0n) is 17.2. The molecule has 1 aliphatic rings. The second kappa shape index (κ2) is 8.93. The van der Waals surface area contributed by atoms with Crippen molar-refractivity contribution in [1.82, 2.24) is 10.4 Å². The summed E-state index contributed by atoms with van der Waals surface area (Å²) in [6.07, 6.45) is -2.91. The van der Waals surface area contributed by atoms with Crippen LogP contribution in [0.1, 0.15) is 50.0 Å². The number of hydrogen-bond acceptors (Lipinski definition) is 7. The molecule has 0 aliphatic heterocycles. The van der Waals surface area contributed by atoms with Crippen LogP contribution in [0.25, 0.3) is 0 Å². The number of amides is 2. The van der Waals surface area contributed by atoms with Crippen LogP contribution >= 0.6 is 0 Å². The third-order valence-electron chi connectivity index (χ3n) is 4.36. The van der Waals surface area contributed by atoms with E-state index in [9.17, 15) is 19.2 Å². The molecule has 0 saturated carbocycles. The molecule has 2 rings (SSSR count). The van der Waals surface area contributed by atoms with E-state index in [1.807, 2.05) is 0 Å². The number of benzene rings is 1. The highest BCUT2D eigenvalue weighted by Crippen LogP contribution is 2.34. The first-order valence-electron chi connectivity index (χ1n) is 9.32. The quantitative estimate of drug-likeness (QED) is 0.354. The van der Waals surface area contributed by atoms with Crippen molar-refractivity contribution in [1.29, 1.82) is 0 Å². The number of ketones is 1. The number of ether oxygens (including phenoxy) is 3. The number of aryl methyl sites for hydroxylation is 1. The predicted octanol–water partition coefficient (Wildman–Crippen LogP) is 2.62. The Morgan fingerprint density at radius 3 is 2.28 bits per heavy atom. The molecule has 0 aromatic heterocycles. The molecule has 0 saturated heterocycles. The number of methoxy groups -OCH3 is 1. The van der Waals surface area contributed by atoms with Gasteiger partial charge in [-0.15, -0.1) is 0 Å². The van der Waals surface area contributed by atoms with Gasteiger partial charge in [0.25, 0.3) is 0 Å². The van der Waals surface area contributed by atoms with Gasteiger partial charge in [0.05, 0.1) is 19.3 Å². The Kier molecular flexibility index (Phi) is 6.84. The molecule has 9 heteroatoms. The van der Waals surface area contributed by atoms with Crippen LogP contribution in [0.15, 0.2) is 24.3 Å². The smallest absolute Gasteiger partial charge is 0.430 e. The second-order valence-corrected chi connectivity index (χ2v) is 7.17. The minimum absolute atomic E-state index is 0.0926. The van der Waals surface area contributed by atoms with Crippen molar-refractivity contribution in [3.63, 3.8) is 0 Å². The molecule has 0 bridgehead atoms. The van der Waals surface area contributed by atoms with Crippen LogP contribution in [0.5, 0.6) is 0 Å². The maximum Gasteiger partial charge on any atom is 0.430 e. The molecule has 1 aliphatic carbocycles. The fraction of sp³-hybridized carbons (Fsp3) is 0.500. The van der Waals surface area contributed by atoms with E-state index in [0.29, 0.717) is 11.4 Å². The van der Waals surface area contributed by atoms with Gasteiger partial charge in [-0.1, -0.05) is 24.3 Å². The fourth-order valence-electron chi connectivity index (χ4n) is 3.16. The Hall–Kier alpha value is -3.10. The Morgan fingerprint density at radius 1 is 1.07 bits per heavy atom. The van der Waals surface area contributed by atoms with E-state index in [2.05, 4.69) is 5.43 Å². The standard InChI is InChI=1S/C20H26N2O7/c1-12(2)28-18(25)21-22(19(26)29-13(3)4)20(17(24)27-5)11-10-14-8-6-7-9-15(14)16(20)23/h6-9,12-13H,10-11H2,1-5H3,(H,21,25). The molecule has 9 nitrogen and oxygen atoms in total. The largest absolute Gasteiger partial charge is 0.467 e. The summed E-state index contributed by atoms with van der Waals surface area (Å²) in [6.45, 7) is 6.44. The van der Waals surface area contributed by atoms with E-state index < -0.39 is 41.7 Å². The van der Waals surface area contributed by atoms with Crippen LogP contribution < -0.4 is 5.43 Å². The predicted molar refractivity (Wildman–Crippen MR) is 102 cm³/mol. The maximum absolute atomic E-state index is 13.4. The zero-order chi connectivity index (χ0) is 21.8. The molecular weight excluding hydrogens is 380 g/mol. The van der Waals surface area contributed by atoms with Gasteiger partial charge < -0.3 is 14.2 Å². The number of hydrogen-bond donors (Lipinski definition) is 1. The Morgan fingerprint density at radius 2 is 1.69 bits per heavy atom. The highest BCUT2D eigenvalue weighted by Gasteiger charge is 2.58. The van der Waals surface area contributed by atoms with Crippen LogP contribution in [-0.2, 0) is 25.4 Å². The lowest BCUT2D eigenvalue weighted by Gasteiger charge is -2.41. The SMILES string of the molecule is COC(=O)C1(N(NC(=O)OC(C)C)C(=O)OC(C)C)CCc2ccccc2C1=O. The van der Waals surface area contributed by atoms with Crippen molar-refractivity contribution in [3.05, 3.63) is 35.4 Å². The van der Waals surface area contributed by atoms with E-state index in [0.717, 1.165) is 12.7 Å². The molecule has 29 heavy (non-hydrogen) atoms. The average Bonchev–Trinajstić information content (AvgIpc) is 2.65. The third kappa shape index (κ3) is 4.49. The van der Waals surface area contributed by atoms with Gasteiger partial charge in [0, 0.05) is 5.56 Å². The van der Waals surface area contributed by atoms with Crippen molar-refractivity contribution < 1.29 is 33.4 Å². The van der Waals surface area contributed by atoms with E-state index >= 15 is 0 Å². The van der Waals surface area contributed by atoms with Crippen molar-refractivity contribution in [3.8, 4) is 0 Å². The van der Waals surface area contributed by atoms with Gasteiger partial charge in [-0.05, 0) is 46.1 Å². The van der Waals surface area contributed by atoms with E-state index in [4.69, 9.17) is 14.2 Å². The lowest BCUT2D eigenvalue weighted by atomic mass is 9.76. The van der Waals surface area contributed by atoms with Gasteiger partial charge in [-0.3, -0.25) is 4.79 Å². The van der Waals surface area contributed by atoms with Crippen molar-refractivity contribution >= 4 is 23.9 Å². The summed E-state index contributed by atoms with van der Waals surface area (Å²) in [7, 11) is 1.11. The summed E-state index contributed by atoms with van der Waals surface area (Å²) in [5, 5.41) is 0.599. The van der Waals surface area contributed by atoms with Gasteiger partial charge in [0.1, 0.15) is 0 Å². The molecule has 1 unspecified atom stereocenters. The normalized spacial score (nSPS) is 18.1. The number of Topliss-reactive ketones (excluding diaryl/α,β-unsaturated/α-hetero) is 1. The molecule has 158 valence electrons. The minimum atomic E-state index is -2.12. The van der Waals surface area contributed by atoms with Crippen LogP contribution in [0, 0.1) is 0 Å². The molecule has 2 amide bonds. The van der Waals surface area contributed by atoms with Crippen molar-refractivity contribution in [2.24, 2.45) is 0 Å². The number of rotatable bonds is 4. The number of carbonyl (C=O) groups excluding carboxylic acids is 4. The lowest BCUT2D eigenvalue weighted by molar-refractivity contribution is -0.153. The number of esters is 1. The summed E-state index contributed by atoms with van der Waals surface area (Å²) in [4.78, 5) is 51.4. The summed E-state index contributed by atoms with van der Waals surface area (Å²) >= 11 is 0. The number of fused-ring (bicyclic) bond motifs is 1. The minimum Gasteiger partial charge on any atom is -0.467 e. The van der Waals surface area contributed by atoms with E-state index in [1.54, 1.807) is 52.0 Å². The molecule has 0 fully saturated rings. The van der Waals surface area contributed by atoms with Gasteiger partial charge in [0.2, 0.25) is 11.3 Å². The molecule has 1 N–H and O–H groups in total. The van der Waals surface area contributed by atoms with Gasteiger partial charge in [-0.25, -0.2) is 19.8 Å². The Labute approximate surface area is 169 Å². The molecule has 0 heterocycles. The summed E-state index contributed by atoms with van der Waals surface area (Å²) in [5.41, 5.74) is 1.10. The molecule has 0 radical (unpaired) electrons. The van der Waals surface area contributed by atoms with Crippen LogP contribution in [0.3, 0.4) is 0 Å². The Balaban J connectivity index is 2.57. The molecule has 1 aromatic rings. The highest BCUT2D eigenvalue weighted by atomic mass is 16.6. The Bertz CT molecular complexity index is 806. The first-order valence-corrected chi connectivity index (χ1v) is 9.32. The zero-order valence-corrected chi connectivity index (χ0v) is 17.2. The molecule has 0 spiro atoms.